The van der Waals surface area contributed by atoms with Crippen LogP contribution in [0.3, 0.4) is 0 Å². The number of hydrogen-bond acceptors (Lipinski definition) is 5. The van der Waals surface area contributed by atoms with Crippen LogP contribution in [0.25, 0.3) is 11.0 Å². The van der Waals surface area contributed by atoms with E-state index in [4.69, 9.17) is 13.9 Å². The van der Waals surface area contributed by atoms with Gasteiger partial charge in [-0.15, -0.1) is 0 Å². The van der Waals surface area contributed by atoms with Crippen LogP contribution in [0.1, 0.15) is 25.0 Å². The highest BCUT2D eigenvalue weighted by Gasteiger charge is 2.18. The first-order chi connectivity index (χ1) is 12.5. The minimum atomic E-state index is -0.776. The molecule has 0 saturated carbocycles. The van der Waals surface area contributed by atoms with Gasteiger partial charge in [0, 0.05) is 17.5 Å². The minimum absolute atomic E-state index is 0.304. The molecule has 5 nitrogen and oxygen atoms in total. The summed E-state index contributed by atoms with van der Waals surface area (Å²) < 4.78 is 16.2. The Balaban J connectivity index is 1.77. The normalized spacial score (nSPS) is 12.0. The molecule has 1 aromatic heterocycles. The maximum Gasteiger partial charge on any atom is 0.352 e. The van der Waals surface area contributed by atoms with Gasteiger partial charge in [0.05, 0.1) is 0 Å². The average Bonchev–Trinajstić information content (AvgIpc) is 2.60. The maximum atomic E-state index is 12.3. The largest absolute Gasteiger partial charge is 0.479 e. The second kappa shape index (κ2) is 7.44. The highest BCUT2D eigenvalue weighted by molar-refractivity contribution is 5.83. The Labute approximate surface area is 151 Å². The van der Waals surface area contributed by atoms with Gasteiger partial charge in [0.2, 0.25) is 0 Å². The number of rotatable bonds is 5. The zero-order valence-electron chi connectivity index (χ0n) is 14.9. The molecule has 0 amide bonds. The molecular formula is C21H20O5. The van der Waals surface area contributed by atoms with E-state index in [0.717, 1.165) is 16.5 Å². The van der Waals surface area contributed by atoms with Crippen molar-refractivity contribution >= 4 is 16.9 Å². The van der Waals surface area contributed by atoms with Gasteiger partial charge in [-0.05, 0) is 55.7 Å². The van der Waals surface area contributed by atoms with Gasteiger partial charge in [-0.1, -0.05) is 19.1 Å². The first kappa shape index (κ1) is 17.7. The molecule has 3 aromatic rings. The third-order valence-electron chi connectivity index (χ3n) is 4.04. The predicted octanol–water partition coefficient (Wildman–Crippen LogP) is 4.04. The van der Waals surface area contributed by atoms with Crippen LogP contribution >= 0.6 is 0 Å². The Morgan fingerprint density at radius 3 is 2.65 bits per heavy atom. The highest BCUT2D eigenvalue weighted by atomic mass is 16.6. The van der Waals surface area contributed by atoms with Crippen molar-refractivity contribution in [2.24, 2.45) is 0 Å². The van der Waals surface area contributed by atoms with E-state index in [1.54, 1.807) is 31.2 Å². The van der Waals surface area contributed by atoms with E-state index in [1.807, 2.05) is 32.0 Å². The Morgan fingerprint density at radius 2 is 1.92 bits per heavy atom. The van der Waals surface area contributed by atoms with Gasteiger partial charge in [-0.3, -0.25) is 0 Å². The molecule has 3 rings (SSSR count). The summed E-state index contributed by atoms with van der Waals surface area (Å²) in [7, 11) is 0. The van der Waals surface area contributed by atoms with Crippen LogP contribution in [0.15, 0.2) is 57.7 Å². The standard InChI is InChI=1S/C21H20O5/c1-4-15-11-20(22)26-19-12-17(8-9-18(15)19)25-21(23)14(3)24-16-7-5-6-13(2)10-16/h5-12,14H,4H2,1-3H3/t14-/m0/s1. The lowest BCUT2D eigenvalue weighted by molar-refractivity contribution is -0.141. The van der Waals surface area contributed by atoms with Crippen molar-refractivity contribution in [1.82, 2.24) is 0 Å². The molecule has 0 aliphatic heterocycles. The van der Waals surface area contributed by atoms with E-state index in [-0.39, 0.29) is 0 Å². The Morgan fingerprint density at radius 1 is 1.12 bits per heavy atom. The van der Waals surface area contributed by atoms with E-state index in [9.17, 15) is 9.59 Å². The Hall–Kier alpha value is -3.08. The van der Waals surface area contributed by atoms with Crippen LogP contribution in [0, 0.1) is 6.92 Å². The molecule has 0 saturated heterocycles. The van der Waals surface area contributed by atoms with Crippen molar-refractivity contribution in [2.45, 2.75) is 33.3 Å². The van der Waals surface area contributed by atoms with Crippen molar-refractivity contribution in [3.8, 4) is 11.5 Å². The summed E-state index contributed by atoms with van der Waals surface area (Å²) in [5.41, 5.74) is 1.91. The molecular weight excluding hydrogens is 332 g/mol. The summed E-state index contributed by atoms with van der Waals surface area (Å²) in [6.07, 6.45) is -0.0655. The Kier molecular flexibility index (Phi) is 5.07. The van der Waals surface area contributed by atoms with E-state index >= 15 is 0 Å². The smallest absolute Gasteiger partial charge is 0.352 e. The number of esters is 1. The molecule has 0 fully saturated rings. The van der Waals surface area contributed by atoms with Crippen LogP contribution in [0.5, 0.6) is 11.5 Å². The second-order valence-corrected chi connectivity index (χ2v) is 6.10. The van der Waals surface area contributed by atoms with Crippen LogP contribution < -0.4 is 15.1 Å². The molecule has 0 aliphatic rings. The van der Waals surface area contributed by atoms with Gasteiger partial charge in [-0.25, -0.2) is 9.59 Å². The SMILES string of the molecule is CCc1cc(=O)oc2cc(OC(=O)[C@H](C)Oc3cccc(C)c3)ccc12. The molecule has 26 heavy (non-hydrogen) atoms. The second-order valence-electron chi connectivity index (χ2n) is 6.10. The van der Waals surface area contributed by atoms with Gasteiger partial charge in [0.15, 0.2) is 6.10 Å². The van der Waals surface area contributed by atoms with Crippen molar-refractivity contribution in [1.29, 1.82) is 0 Å². The molecule has 0 spiro atoms. The molecule has 134 valence electrons. The fourth-order valence-corrected chi connectivity index (χ4v) is 2.71. The predicted molar refractivity (Wildman–Crippen MR) is 98.8 cm³/mol. The lowest BCUT2D eigenvalue weighted by Gasteiger charge is -2.14. The summed E-state index contributed by atoms with van der Waals surface area (Å²) in [6.45, 7) is 5.54. The fourth-order valence-electron chi connectivity index (χ4n) is 2.71. The summed E-state index contributed by atoms with van der Waals surface area (Å²) in [6, 6.07) is 13.9. The zero-order chi connectivity index (χ0) is 18.7. The molecule has 0 bridgehead atoms. The molecule has 0 aliphatic carbocycles. The summed E-state index contributed by atoms with van der Waals surface area (Å²) in [5, 5.41) is 0.830. The van der Waals surface area contributed by atoms with Crippen molar-refractivity contribution < 1.29 is 18.7 Å². The quantitative estimate of drug-likeness (QED) is 0.394. The molecule has 0 unspecified atom stereocenters. The zero-order valence-corrected chi connectivity index (χ0v) is 14.9. The van der Waals surface area contributed by atoms with Gasteiger partial charge < -0.3 is 13.9 Å². The number of hydrogen-bond donors (Lipinski definition) is 0. The van der Waals surface area contributed by atoms with Gasteiger partial charge in [0.25, 0.3) is 0 Å². The van der Waals surface area contributed by atoms with Gasteiger partial charge in [-0.2, -0.15) is 0 Å². The third kappa shape index (κ3) is 3.94. The number of ether oxygens (including phenoxy) is 2. The molecule has 1 atom stereocenters. The first-order valence-electron chi connectivity index (χ1n) is 8.48. The number of benzene rings is 2. The first-order valence-corrected chi connectivity index (χ1v) is 8.48. The summed E-state index contributed by atoms with van der Waals surface area (Å²) >= 11 is 0. The fraction of sp³-hybridized carbons (Fsp3) is 0.238. The summed E-state index contributed by atoms with van der Waals surface area (Å²) in [4.78, 5) is 23.9. The molecule has 0 N–H and O–H groups in total. The van der Waals surface area contributed by atoms with E-state index in [0.29, 0.717) is 23.5 Å². The summed E-state index contributed by atoms with van der Waals surface area (Å²) in [5.74, 6) is 0.380. The van der Waals surface area contributed by atoms with E-state index in [1.165, 1.54) is 6.07 Å². The van der Waals surface area contributed by atoms with Crippen LogP contribution in [0.2, 0.25) is 0 Å². The van der Waals surface area contributed by atoms with E-state index in [2.05, 4.69) is 0 Å². The lowest BCUT2D eigenvalue weighted by atomic mass is 10.1. The van der Waals surface area contributed by atoms with Crippen molar-refractivity contribution in [2.75, 3.05) is 0 Å². The lowest BCUT2D eigenvalue weighted by Crippen LogP contribution is -2.28. The molecule has 1 heterocycles. The van der Waals surface area contributed by atoms with Crippen molar-refractivity contribution in [3.63, 3.8) is 0 Å². The number of carbonyl (C=O) groups excluding carboxylic acids is 1. The van der Waals surface area contributed by atoms with Gasteiger partial charge in [0.1, 0.15) is 17.1 Å². The number of carbonyl (C=O) groups is 1. The monoisotopic (exact) mass is 352 g/mol. The Bertz CT molecular complexity index is 1000. The third-order valence-corrected chi connectivity index (χ3v) is 4.04. The van der Waals surface area contributed by atoms with Crippen LogP contribution in [-0.4, -0.2) is 12.1 Å². The van der Waals surface area contributed by atoms with Crippen LogP contribution in [0.4, 0.5) is 0 Å². The average molecular weight is 352 g/mol. The minimum Gasteiger partial charge on any atom is -0.479 e. The number of aryl methyl sites for hydroxylation is 2. The maximum absolute atomic E-state index is 12.3. The molecule has 5 heteroatoms. The molecule has 2 aromatic carbocycles. The van der Waals surface area contributed by atoms with Gasteiger partial charge >= 0.3 is 11.6 Å². The topological polar surface area (TPSA) is 65.7 Å². The van der Waals surface area contributed by atoms with Crippen LogP contribution in [-0.2, 0) is 11.2 Å². The number of fused-ring (bicyclic) bond motifs is 1. The van der Waals surface area contributed by atoms with E-state index < -0.39 is 17.7 Å². The van der Waals surface area contributed by atoms with Crippen molar-refractivity contribution in [3.05, 3.63) is 70.1 Å². The molecule has 0 radical (unpaired) electrons. The highest BCUT2D eigenvalue weighted by Crippen LogP contribution is 2.23.